The minimum absolute atomic E-state index is 0.0750. The number of carbonyl (C=O) groups is 1. The molecule has 0 aliphatic heterocycles. The molecule has 0 saturated heterocycles. The first kappa shape index (κ1) is 15.7. The maximum atomic E-state index is 11.9. The fraction of sp³-hybridized carbons (Fsp3) is 0.562. The van der Waals surface area contributed by atoms with Crippen LogP contribution in [0.4, 0.5) is 0 Å². The van der Waals surface area contributed by atoms with Crippen LogP contribution in [-0.2, 0) is 4.79 Å². The highest BCUT2D eigenvalue weighted by Crippen LogP contribution is 2.23. The molecule has 0 fully saturated rings. The SMILES string of the molecule is CCC(CC(=O)NCC(C)(C)N)c1ccc(C)cc1. The number of amides is 1. The normalized spacial score (nSPS) is 13.1. The lowest BCUT2D eigenvalue weighted by Crippen LogP contribution is -2.45. The molecule has 0 saturated carbocycles. The van der Waals surface area contributed by atoms with Gasteiger partial charge in [0.05, 0.1) is 0 Å². The zero-order chi connectivity index (χ0) is 14.5. The average Bonchev–Trinajstić information content (AvgIpc) is 2.34. The molecule has 3 nitrogen and oxygen atoms in total. The van der Waals surface area contributed by atoms with Crippen molar-refractivity contribution < 1.29 is 4.79 Å². The minimum Gasteiger partial charge on any atom is -0.354 e. The van der Waals surface area contributed by atoms with Crippen LogP contribution in [0.1, 0.15) is 50.7 Å². The molecule has 1 amide bonds. The predicted molar refractivity (Wildman–Crippen MR) is 80.1 cm³/mol. The first-order valence-corrected chi connectivity index (χ1v) is 6.94. The van der Waals surface area contributed by atoms with Crippen molar-refractivity contribution in [3.8, 4) is 0 Å². The summed E-state index contributed by atoms with van der Waals surface area (Å²) in [4.78, 5) is 11.9. The summed E-state index contributed by atoms with van der Waals surface area (Å²) in [5.74, 6) is 0.354. The molecule has 0 spiro atoms. The number of benzene rings is 1. The Kier molecular flexibility index (Phi) is 5.55. The Hall–Kier alpha value is -1.35. The Morgan fingerprint density at radius 1 is 1.32 bits per heavy atom. The van der Waals surface area contributed by atoms with E-state index in [0.717, 1.165) is 6.42 Å². The van der Waals surface area contributed by atoms with Crippen molar-refractivity contribution in [2.75, 3.05) is 6.54 Å². The first-order chi connectivity index (χ1) is 8.81. The van der Waals surface area contributed by atoms with E-state index in [1.54, 1.807) is 0 Å². The average molecular weight is 262 g/mol. The number of aryl methyl sites for hydroxylation is 1. The number of hydrogen-bond donors (Lipinski definition) is 2. The Balaban J connectivity index is 2.57. The predicted octanol–water partition coefficient (Wildman–Crippen LogP) is 2.73. The fourth-order valence-corrected chi connectivity index (χ4v) is 1.96. The maximum Gasteiger partial charge on any atom is 0.220 e. The zero-order valence-corrected chi connectivity index (χ0v) is 12.5. The summed E-state index contributed by atoms with van der Waals surface area (Å²) in [7, 11) is 0. The number of hydrogen-bond acceptors (Lipinski definition) is 2. The van der Waals surface area contributed by atoms with E-state index < -0.39 is 0 Å². The van der Waals surface area contributed by atoms with Crippen LogP contribution in [0.2, 0.25) is 0 Å². The van der Waals surface area contributed by atoms with Gasteiger partial charge < -0.3 is 11.1 Å². The van der Waals surface area contributed by atoms with Crippen molar-refractivity contribution in [2.24, 2.45) is 5.73 Å². The molecule has 3 heteroatoms. The molecule has 1 unspecified atom stereocenters. The van der Waals surface area contributed by atoms with E-state index in [0.29, 0.717) is 13.0 Å². The lowest BCUT2D eigenvalue weighted by atomic mass is 9.92. The van der Waals surface area contributed by atoms with Crippen molar-refractivity contribution >= 4 is 5.91 Å². The second-order valence-electron chi connectivity index (χ2n) is 5.99. The number of rotatable bonds is 6. The Morgan fingerprint density at radius 2 is 1.89 bits per heavy atom. The highest BCUT2D eigenvalue weighted by atomic mass is 16.1. The molecule has 0 aliphatic carbocycles. The van der Waals surface area contributed by atoms with Crippen LogP contribution in [0.5, 0.6) is 0 Å². The third-order valence-corrected chi connectivity index (χ3v) is 3.21. The van der Waals surface area contributed by atoms with Gasteiger partial charge in [0.15, 0.2) is 0 Å². The number of nitrogens with two attached hydrogens (primary N) is 1. The molecule has 1 aromatic carbocycles. The Bertz CT molecular complexity index is 404. The summed E-state index contributed by atoms with van der Waals surface area (Å²) in [5.41, 5.74) is 7.98. The van der Waals surface area contributed by atoms with Gasteiger partial charge in [-0.3, -0.25) is 4.79 Å². The monoisotopic (exact) mass is 262 g/mol. The van der Waals surface area contributed by atoms with Gasteiger partial charge in [-0.25, -0.2) is 0 Å². The molecule has 19 heavy (non-hydrogen) atoms. The van der Waals surface area contributed by atoms with Gasteiger partial charge in [-0.1, -0.05) is 36.8 Å². The zero-order valence-electron chi connectivity index (χ0n) is 12.5. The smallest absolute Gasteiger partial charge is 0.220 e. The third-order valence-electron chi connectivity index (χ3n) is 3.21. The molecule has 1 atom stereocenters. The topological polar surface area (TPSA) is 55.1 Å². The van der Waals surface area contributed by atoms with Crippen LogP contribution in [-0.4, -0.2) is 18.0 Å². The first-order valence-electron chi connectivity index (χ1n) is 6.94. The van der Waals surface area contributed by atoms with Gasteiger partial charge in [-0.2, -0.15) is 0 Å². The molecule has 106 valence electrons. The van der Waals surface area contributed by atoms with E-state index in [9.17, 15) is 4.79 Å². The van der Waals surface area contributed by atoms with Gasteiger partial charge in [0.1, 0.15) is 0 Å². The second kappa shape index (κ2) is 6.71. The van der Waals surface area contributed by atoms with Crippen molar-refractivity contribution in [3.63, 3.8) is 0 Å². The van der Waals surface area contributed by atoms with Gasteiger partial charge in [-0.05, 0) is 38.7 Å². The summed E-state index contributed by atoms with van der Waals surface area (Å²) in [5, 5.41) is 2.90. The highest BCUT2D eigenvalue weighted by molar-refractivity contribution is 5.77. The molecule has 1 aromatic rings. The highest BCUT2D eigenvalue weighted by Gasteiger charge is 2.16. The largest absolute Gasteiger partial charge is 0.354 e. The summed E-state index contributed by atoms with van der Waals surface area (Å²) in [6.45, 7) is 8.51. The van der Waals surface area contributed by atoms with E-state index in [1.165, 1.54) is 11.1 Å². The maximum absolute atomic E-state index is 11.9. The molecule has 1 rings (SSSR count). The molecule has 3 N–H and O–H groups in total. The standard InChI is InChI=1S/C16H26N2O/c1-5-13(14-8-6-12(2)7-9-14)10-15(19)18-11-16(3,4)17/h6-9,13H,5,10-11,17H2,1-4H3,(H,18,19). The van der Waals surface area contributed by atoms with E-state index in [1.807, 2.05) is 13.8 Å². The summed E-state index contributed by atoms with van der Waals surface area (Å²) < 4.78 is 0. The molecule has 0 aromatic heterocycles. The minimum atomic E-state index is -0.360. The Labute approximate surface area is 116 Å². The van der Waals surface area contributed by atoms with Gasteiger partial charge in [0.2, 0.25) is 5.91 Å². The fourth-order valence-electron chi connectivity index (χ4n) is 1.96. The third kappa shape index (κ3) is 5.88. The van der Waals surface area contributed by atoms with Crippen molar-refractivity contribution in [1.29, 1.82) is 0 Å². The van der Waals surface area contributed by atoms with E-state index >= 15 is 0 Å². The van der Waals surface area contributed by atoms with Crippen molar-refractivity contribution in [2.45, 2.75) is 52.0 Å². The molecule has 0 heterocycles. The van der Waals surface area contributed by atoms with Gasteiger partial charge >= 0.3 is 0 Å². The number of carbonyl (C=O) groups excluding carboxylic acids is 1. The quantitative estimate of drug-likeness (QED) is 0.828. The molecular formula is C16H26N2O. The van der Waals surface area contributed by atoms with E-state index in [-0.39, 0.29) is 17.4 Å². The van der Waals surface area contributed by atoms with Crippen LogP contribution in [0.3, 0.4) is 0 Å². The summed E-state index contributed by atoms with van der Waals surface area (Å²) in [6.07, 6.45) is 1.48. The van der Waals surface area contributed by atoms with Crippen LogP contribution in [0.15, 0.2) is 24.3 Å². The number of nitrogens with one attached hydrogen (secondary N) is 1. The van der Waals surface area contributed by atoms with Crippen LogP contribution in [0.25, 0.3) is 0 Å². The van der Waals surface area contributed by atoms with Gasteiger partial charge in [0, 0.05) is 18.5 Å². The summed E-state index contributed by atoms with van der Waals surface area (Å²) in [6, 6.07) is 8.42. The lowest BCUT2D eigenvalue weighted by molar-refractivity contribution is -0.121. The lowest BCUT2D eigenvalue weighted by Gasteiger charge is -2.20. The molecular weight excluding hydrogens is 236 g/mol. The van der Waals surface area contributed by atoms with Gasteiger partial charge in [-0.15, -0.1) is 0 Å². The van der Waals surface area contributed by atoms with Crippen LogP contribution < -0.4 is 11.1 Å². The molecule has 0 bridgehead atoms. The summed E-state index contributed by atoms with van der Waals surface area (Å²) >= 11 is 0. The van der Waals surface area contributed by atoms with E-state index in [2.05, 4.69) is 43.4 Å². The van der Waals surface area contributed by atoms with Gasteiger partial charge in [0.25, 0.3) is 0 Å². The Morgan fingerprint density at radius 3 is 2.37 bits per heavy atom. The second-order valence-corrected chi connectivity index (χ2v) is 5.99. The van der Waals surface area contributed by atoms with E-state index in [4.69, 9.17) is 5.73 Å². The van der Waals surface area contributed by atoms with Crippen LogP contribution >= 0.6 is 0 Å². The molecule has 0 radical (unpaired) electrons. The molecule has 0 aliphatic rings. The van der Waals surface area contributed by atoms with Crippen LogP contribution in [0, 0.1) is 6.92 Å². The van der Waals surface area contributed by atoms with Crippen molar-refractivity contribution in [3.05, 3.63) is 35.4 Å². The van der Waals surface area contributed by atoms with Crippen molar-refractivity contribution in [1.82, 2.24) is 5.32 Å².